The van der Waals surface area contributed by atoms with Gasteiger partial charge in [0.2, 0.25) is 11.7 Å². The van der Waals surface area contributed by atoms with E-state index in [1.54, 1.807) is 0 Å². The van der Waals surface area contributed by atoms with Crippen LogP contribution in [-0.4, -0.2) is 20.3 Å². The molecule has 5 nitrogen and oxygen atoms in total. The van der Waals surface area contributed by atoms with Gasteiger partial charge in [0.15, 0.2) is 0 Å². The molecule has 6 heteroatoms. The van der Waals surface area contributed by atoms with Gasteiger partial charge in [0.25, 0.3) is 0 Å². The Balaban J connectivity index is 1.41. The summed E-state index contributed by atoms with van der Waals surface area (Å²) in [5, 5.41) is 13.6. The van der Waals surface area contributed by atoms with E-state index in [4.69, 9.17) is 4.52 Å². The number of benzene rings is 2. The fourth-order valence-corrected chi connectivity index (χ4v) is 3.50. The molecule has 0 aliphatic heterocycles. The van der Waals surface area contributed by atoms with Gasteiger partial charge in [0.05, 0.1) is 11.4 Å². The Morgan fingerprint density at radius 3 is 2.46 bits per heavy atom. The first kappa shape index (κ1) is 18.4. The van der Waals surface area contributed by atoms with Crippen molar-refractivity contribution in [3.8, 4) is 22.6 Å². The van der Waals surface area contributed by atoms with Crippen LogP contribution in [0.25, 0.3) is 22.6 Å². The molecule has 0 spiro atoms. The number of aromatic nitrogens is 4. The summed E-state index contributed by atoms with van der Waals surface area (Å²) in [5.41, 5.74) is 5.36. The molecule has 0 aliphatic rings. The zero-order valence-electron chi connectivity index (χ0n) is 15.8. The second-order valence-electron chi connectivity index (χ2n) is 6.42. The lowest BCUT2D eigenvalue weighted by Crippen LogP contribution is -1.91. The standard InChI is InChI=1S/C22H20N4OS/c1-3-16-8-10-17(11-9-16)19-12-13-21(25-24-19)28-14-20-23-22(26-27-20)18-7-5-4-6-15(18)2/h4-13H,3,14H2,1-2H3. The summed E-state index contributed by atoms with van der Waals surface area (Å²) in [5.74, 6) is 1.74. The van der Waals surface area contributed by atoms with Crippen molar-refractivity contribution in [2.45, 2.75) is 31.0 Å². The maximum atomic E-state index is 5.38. The lowest BCUT2D eigenvalue weighted by atomic mass is 10.1. The number of nitrogens with zero attached hydrogens (tertiary/aromatic N) is 4. The number of hydrogen-bond acceptors (Lipinski definition) is 6. The first-order chi connectivity index (χ1) is 13.7. The molecule has 0 atom stereocenters. The van der Waals surface area contributed by atoms with Crippen molar-refractivity contribution in [3.63, 3.8) is 0 Å². The molecule has 0 saturated heterocycles. The van der Waals surface area contributed by atoms with Crippen LogP contribution in [0.5, 0.6) is 0 Å². The third-order valence-corrected chi connectivity index (χ3v) is 5.40. The van der Waals surface area contributed by atoms with Crippen LogP contribution in [-0.2, 0) is 12.2 Å². The Labute approximate surface area is 168 Å². The molecule has 0 radical (unpaired) electrons. The first-order valence-corrected chi connectivity index (χ1v) is 10.2. The Kier molecular flexibility index (Phi) is 5.48. The molecule has 0 fully saturated rings. The van der Waals surface area contributed by atoms with Crippen LogP contribution in [0.1, 0.15) is 23.9 Å². The van der Waals surface area contributed by atoms with E-state index >= 15 is 0 Å². The fraction of sp³-hybridized carbons (Fsp3) is 0.182. The highest BCUT2D eigenvalue weighted by atomic mass is 32.2. The minimum Gasteiger partial charge on any atom is -0.338 e. The Hall–Kier alpha value is -2.99. The second kappa shape index (κ2) is 8.35. The van der Waals surface area contributed by atoms with E-state index in [9.17, 15) is 0 Å². The summed E-state index contributed by atoms with van der Waals surface area (Å²) in [6.45, 7) is 4.18. The van der Waals surface area contributed by atoms with Gasteiger partial charge in [-0.05, 0) is 36.6 Å². The highest BCUT2D eigenvalue weighted by Gasteiger charge is 2.11. The van der Waals surface area contributed by atoms with Crippen LogP contribution in [0.15, 0.2) is 70.2 Å². The predicted octanol–water partition coefficient (Wildman–Crippen LogP) is 5.36. The monoisotopic (exact) mass is 388 g/mol. The third-order valence-electron chi connectivity index (χ3n) is 4.50. The lowest BCUT2D eigenvalue weighted by molar-refractivity contribution is 0.391. The van der Waals surface area contributed by atoms with Gasteiger partial charge >= 0.3 is 0 Å². The maximum absolute atomic E-state index is 5.38. The zero-order chi connectivity index (χ0) is 19.3. The Morgan fingerprint density at radius 2 is 1.75 bits per heavy atom. The molecule has 2 aromatic heterocycles. The average Bonchev–Trinajstić information content (AvgIpc) is 3.22. The third kappa shape index (κ3) is 4.12. The molecule has 2 aromatic carbocycles. The summed E-state index contributed by atoms with van der Waals surface area (Å²) in [6, 6.07) is 20.4. The Bertz CT molecular complexity index is 1060. The summed E-state index contributed by atoms with van der Waals surface area (Å²) in [4.78, 5) is 4.49. The topological polar surface area (TPSA) is 64.7 Å². The molecule has 0 aliphatic carbocycles. The van der Waals surface area contributed by atoms with Gasteiger partial charge < -0.3 is 4.52 Å². The van der Waals surface area contributed by atoms with Gasteiger partial charge in [0.1, 0.15) is 5.03 Å². The molecule has 0 saturated carbocycles. The van der Waals surface area contributed by atoms with Crippen LogP contribution in [0.3, 0.4) is 0 Å². The van der Waals surface area contributed by atoms with E-state index in [-0.39, 0.29) is 0 Å². The molecule has 0 unspecified atom stereocenters. The van der Waals surface area contributed by atoms with Gasteiger partial charge in [-0.2, -0.15) is 4.98 Å². The highest BCUT2D eigenvalue weighted by molar-refractivity contribution is 7.98. The van der Waals surface area contributed by atoms with Crippen molar-refractivity contribution < 1.29 is 4.52 Å². The van der Waals surface area contributed by atoms with Crippen molar-refractivity contribution in [3.05, 3.63) is 77.7 Å². The fourth-order valence-electron chi connectivity index (χ4n) is 2.84. The molecule has 4 aromatic rings. The minimum atomic E-state index is 0.554. The Morgan fingerprint density at radius 1 is 0.929 bits per heavy atom. The van der Waals surface area contributed by atoms with Gasteiger partial charge in [-0.25, -0.2) is 0 Å². The van der Waals surface area contributed by atoms with Crippen LogP contribution in [0.4, 0.5) is 0 Å². The summed E-state index contributed by atoms with van der Waals surface area (Å²) >= 11 is 1.53. The van der Waals surface area contributed by atoms with Gasteiger partial charge in [0, 0.05) is 11.1 Å². The van der Waals surface area contributed by atoms with Crippen LogP contribution < -0.4 is 0 Å². The quantitative estimate of drug-likeness (QED) is 0.415. The summed E-state index contributed by atoms with van der Waals surface area (Å²) < 4.78 is 5.38. The van der Waals surface area contributed by atoms with Crippen molar-refractivity contribution in [2.24, 2.45) is 0 Å². The molecule has 0 N–H and O–H groups in total. The van der Waals surface area contributed by atoms with E-state index < -0.39 is 0 Å². The van der Waals surface area contributed by atoms with Crippen molar-refractivity contribution in [1.82, 2.24) is 20.3 Å². The molecule has 140 valence electrons. The largest absolute Gasteiger partial charge is 0.338 e. The lowest BCUT2D eigenvalue weighted by Gasteiger charge is -2.03. The highest BCUT2D eigenvalue weighted by Crippen LogP contribution is 2.25. The zero-order valence-corrected chi connectivity index (χ0v) is 16.6. The maximum Gasteiger partial charge on any atom is 0.237 e. The van der Waals surface area contributed by atoms with Crippen LogP contribution in [0.2, 0.25) is 0 Å². The second-order valence-corrected chi connectivity index (χ2v) is 7.42. The summed E-state index contributed by atoms with van der Waals surface area (Å²) in [6.07, 6.45) is 1.03. The normalized spacial score (nSPS) is 10.9. The van der Waals surface area contributed by atoms with Crippen molar-refractivity contribution in [2.75, 3.05) is 0 Å². The van der Waals surface area contributed by atoms with E-state index in [0.717, 1.165) is 33.8 Å². The number of aryl methyl sites for hydroxylation is 2. The molecule has 0 bridgehead atoms. The molecular formula is C22H20N4OS. The van der Waals surface area contributed by atoms with E-state index in [0.29, 0.717) is 17.5 Å². The van der Waals surface area contributed by atoms with Crippen molar-refractivity contribution >= 4 is 11.8 Å². The first-order valence-electron chi connectivity index (χ1n) is 9.17. The van der Waals surface area contributed by atoms with Gasteiger partial charge in [-0.1, -0.05) is 72.4 Å². The average molecular weight is 388 g/mol. The molecular weight excluding hydrogens is 368 g/mol. The van der Waals surface area contributed by atoms with E-state index in [1.165, 1.54) is 17.3 Å². The number of thioether (sulfide) groups is 1. The van der Waals surface area contributed by atoms with E-state index in [1.807, 2.05) is 43.3 Å². The van der Waals surface area contributed by atoms with Crippen molar-refractivity contribution in [1.29, 1.82) is 0 Å². The van der Waals surface area contributed by atoms with Crippen LogP contribution in [0, 0.1) is 6.92 Å². The smallest absolute Gasteiger partial charge is 0.237 e. The van der Waals surface area contributed by atoms with E-state index in [2.05, 4.69) is 51.5 Å². The predicted molar refractivity (Wildman–Crippen MR) is 111 cm³/mol. The summed E-state index contributed by atoms with van der Waals surface area (Å²) in [7, 11) is 0. The SMILES string of the molecule is CCc1ccc(-c2ccc(SCc3nc(-c4ccccc4C)no3)nn2)cc1. The molecule has 4 rings (SSSR count). The van der Waals surface area contributed by atoms with Gasteiger partial charge in [-0.15, -0.1) is 10.2 Å². The minimum absolute atomic E-state index is 0.554. The number of hydrogen-bond donors (Lipinski definition) is 0. The molecule has 28 heavy (non-hydrogen) atoms. The molecule has 0 amide bonds. The van der Waals surface area contributed by atoms with Crippen LogP contribution >= 0.6 is 11.8 Å². The number of rotatable bonds is 6. The molecule has 2 heterocycles. The van der Waals surface area contributed by atoms with Gasteiger partial charge in [-0.3, -0.25) is 0 Å².